The van der Waals surface area contributed by atoms with Gasteiger partial charge in [0.15, 0.2) is 0 Å². The van der Waals surface area contributed by atoms with Crippen LogP contribution in [0.25, 0.3) is 0 Å². The van der Waals surface area contributed by atoms with Crippen molar-refractivity contribution < 1.29 is 13.6 Å². The predicted molar refractivity (Wildman–Crippen MR) is 97.3 cm³/mol. The van der Waals surface area contributed by atoms with Crippen LogP contribution in [0.5, 0.6) is 0 Å². The number of hydrogen-bond acceptors (Lipinski definition) is 2. The van der Waals surface area contributed by atoms with Crippen LogP contribution in [0.4, 0.5) is 8.78 Å². The molecule has 1 aliphatic carbocycles. The second-order valence-electron chi connectivity index (χ2n) is 6.80. The molecule has 1 fully saturated rings. The molecule has 0 atom stereocenters. The SMILES string of the molecule is CCN(Cc1cccc(F)c1)C(=O)CN(Cc1ccc(F)cc1)C1CC1. The zero-order valence-corrected chi connectivity index (χ0v) is 15.0. The summed E-state index contributed by atoms with van der Waals surface area (Å²) in [5, 5.41) is 0. The fourth-order valence-electron chi connectivity index (χ4n) is 3.08. The molecule has 2 aromatic carbocycles. The Balaban J connectivity index is 1.63. The lowest BCUT2D eigenvalue weighted by atomic mass is 10.2. The highest BCUT2D eigenvalue weighted by molar-refractivity contribution is 5.78. The molecule has 0 unspecified atom stereocenters. The van der Waals surface area contributed by atoms with Gasteiger partial charge in [-0.1, -0.05) is 24.3 Å². The Morgan fingerprint density at radius 3 is 2.35 bits per heavy atom. The van der Waals surface area contributed by atoms with E-state index < -0.39 is 0 Å². The molecule has 5 heteroatoms. The van der Waals surface area contributed by atoms with Gasteiger partial charge in [-0.3, -0.25) is 9.69 Å². The van der Waals surface area contributed by atoms with Crippen molar-refractivity contribution >= 4 is 5.91 Å². The minimum Gasteiger partial charge on any atom is -0.338 e. The fourth-order valence-corrected chi connectivity index (χ4v) is 3.08. The monoisotopic (exact) mass is 358 g/mol. The summed E-state index contributed by atoms with van der Waals surface area (Å²) in [5.41, 5.74) is 1.79. The standard InChI is InChI=1S/C21H24F2N2O/c1-2-24(14-17-4-3-5-19(23)12-17)21(26)15-25(20-10-11-20)13-16-6-8-18(22)9-7-16/h3-9,12,20H,2,10-11,13-15H2,1H3. The van der Waals surface area contributed by atoms with E-state index in [2.05, 4.69) is 4.90 Å². The van der Waals surface area contributed by atoms with E-state index in [9.17, 15) is 13.6 Å². The number of rotatable bonds is 8. The number of carbonyl (C=O) groups is 1. The molecule has 1 saturated carbocycles. The molecule has 0 bridgehead atoms. The Kier molecular flexibility index (Phi) is 5.99. The average Bonchev–Trinajstić information content (AvgIpc) is 3.46. The van der Waals surface area contributed by atoms with Crippen molar-refractivity contribution in [2.24, 2.45) is 0 Å². The van der Waals surface area contributed by atoms with Crippen molar-refractivity contribution in [3.8, 4) is 0 Å². The van der Waals surface area contributed by atoms with Gasteiger partial charge in [-0.05, 0) is 55.2 Å². The molecule has 1 amide bonds. The van der Waals surface area contributed by atoms with Crippen LogP contribution < -0.4 is 0 Å². The number of hydrogen-bond donors (Lipinski definition) is 0. The van der Waals surface area contributed by atoms with Crippen molar-refractivity contribution in [3.63, 3.8) is 0 Å². The summed E-state index contributed by atoms with van der Waals surface area (Å²) >= 11 is 0. The maximum absolute atomic E-state index is 13.4. The quantitative estimate of drug-likeness (QED) is 0.713. The molecule has 138 valence electrons. The zero-order chi connectivity index (χ0) is 18.5. The largest absolute Gasteiger partial charge is 0.338 e. The number of amides is 1. The first-order valence-corrected chi connectivity index (χ1v) is 9.06. The summed E-state index contributed by atoms with van der Waals surface area (Å²) in [6.45, 7) is 3.87. The summed E-state index contributed by atoms with van der Waals surface area (Å²) in [6, 6.07) is 13.2. The zero-order valence-electron chi connectivity index (χ0n) is 15.0. The number of benzene rings is 2. The maximum atomic E-state index is 13.4. The van der Waals surface area contributed by atoms with E-state index >= 15 is 0 Å². The normalized spacial score (nSPS) is 13.8. The van der Waals surface area contributed by atoms with E-state index in [1.165, 1.54) is 24.3 Å². The molecule has 0 heterocycles. The van der Waals surface area contributed by atoms with Crippen LogP contribution >= 0.6 is 0 Å². The lowest BCUT2D eigenvalue weighted by molar-refractivity contribution is -0.133. The van der Waals surface area contributed by atoms with Crippen molar-refractivity contribution in [1.29, 1.82) is 0 Å². The topological polar surface area (TPSA) is 23.6 Å². The van der Waals surface area contributed by atoms with Gasteiger partial charge in [-0.25, -0.2) is 8.78 Å². The van der Waals surface area contributed by atoms with Gasteiger partial charge in [0.1, 0.15) is 11.6 Å². The van der Waals surface area contributed by atoms with Crippen LogP contribution in [0, 0.1) is 11.6 Å². The lowest BCUT2D eigenvalue weighted by Crippen LogP contribution is -2.40. The van der Waals surface area contributed by atoms with Gasteiger partial charge in [0.25, 0.3) is 0 Å². The average molecular weight is 358 g/mol. The van der Waals surface area contributed by atoms with Gasteiger partial charge >= 0.3 is 0 Å². The summed E-state index contributed by atoms with van der Waals surface area (Å²) in [6.07, 6.45) is 2.18. The third-order valence-electron chi connectivity index (χ3n) is 4.70. The van der Waals surface area contributed by atoms with E-state index in [1.54, 1.807) is 23.1 Å². The van der Waals surface area contributed by atoms with Crippen LogP contribution in [-0.2, 0) is 17.9 Å². The van der Waals surface area contributed by atoms with Crippen LogP contribution in [0.1, 0.15) is 30.9 Å². The Morgan fingerprint density at radius 2 is 1.73 bits per heavy atom. The third kappa shape index (κ3) is 5.11. The molecule has 0 radical (unpaired) electrons. The summed E-state index contributed by atoms with van der Waals surface area (Å²) in [5.74, 6) is -0.511. The number of halogens is 2. The maximum Gasteiger partial charge on any atom is 0.237 e. The molecule has 1 aliphatic rings. The van der Waals surface area contributed by atoms with Gasteiger partial charge in [0, 0.05) is 25.7 Å². The highest BCUT2D eigenvalue weighted by atomic mass is 19.1. The Labute approximate surface area is 153 Å². The number of carbonyl (C=O) groups excluding carboxylic acids is 1. The van der Waals surface area contributed by atoms with Gasteiger partial charge in [0.2, 0.25) is 5.91 Å². The Bertz CT molecular complexity index is 744. The first-order valence-electron chi connectivity index (χ1n) is 9.06. The molecule has 0 aromatic heterocycles. The first kappa shape index (κ1) is 18.5. The fraction of sp³-hybridized carbons (Fsp3) is 0.381. The van der Waals surface area contributed by atoms with Crippen molar-refractivity contribution in [1.82, 2.24) is 9.80 Å². The Hall–Kier alpha value is -2.27. The van der Waals surface area contributed by atoms with Gasteiger partial charge in [-0.2, -0.15) is 0 Å². The van der Waals surface area contributed by atoms with E-state index in [0.717, 1.165) is 24.0 Å². The minimum absolute atomic E-state index is 0.0331. The molecule has 0 spiro atoms. The van der Waals surface area contributed by atoms with Gasteiger partial charge < -0.3 is 4.90 Å². The minimum atomic E-state index is -0.290. The van der Waals surface area contributed by atoms with Crippen LogP contribution in [-0.4, -0.2) is 34.8 Å². The summed E-state index contributed by atoms with van der Waals surface area (Å²) < 4.78 is 26.5. The van der Waals surface area contributed by atoms with Crippen molar-refractivity contribution in [3.05, 3.63) is 71.3 Å². The lowest BCUT2D eigenvalue weighted by Gasteiger charge is -2.27. The second-order valence-corrected chi connectivity index (χ2v) is 6.80. The predicted octanol–water partition coefficient (Wildman–Crippen LogP) is 3.98. The molecular weight excluding hydrogens is 334 g/mol. The van der Waals surface area contributed by atoms with Gasteiger partial charge in [0.05, 0.1) is 6.54 Å². The van der Waals surface area contributed by atoms with E-state index in [1.807, 2.05) is 13.0 Å². The molecule has 3 rings (SSSR count). The Morgan fingerprint density at radius 1 is 1.00 bits per heavy atom. The second kappa shape index (κ2) is 8.41. The first-order chi connectivity index (χ1) is 12.5. The van der Waals surface area contributed by atoms with Crippen molar-refractivity contribution in [2.45, 2.75) is 38.9 Å². The molecule has 3 nitrogen and oxygen atoms in total. The highest BCUT2D eigenvalue weighted by Crippen LogP contribution is 2.28. The summed E-state index contributed by atoms with van der Waals surface area (Å²) in [4.78, 5) is 16.7. The third-order valence-corrected chi connectivity index (χ3v) is 4.70. The van der Waals surface area contributed by atoms with E-state index in [0.29, 0.717) is 32.2 Å². The van der Waals surface area contributed by atoms with E-state index in [4.69, 9.17) is 0 Å². The van der Waals surface area contributed by atoms with Crippen LogP contribution in [0.15, 0.2) is 48.5 Å². The molecular formula is C21H24F2N2O. The van der Waals surface area contributed by atoms with E-state index in [-0.39, 0.29) is 17.5 Å². The molecule has 0 saturated heterocycles. The van der Waals surface area contributed by atoms with Gasteiger partial charge in [-0.15, -0.1) is 0 Å². The van der Waals surface area contributed by atoms with Crippen LogP contribution in [0.2, 0.25) is 0 Å². The molecule has 0 aliphatic heterocycles. The summed E-state index contributed by atoms with van der Waals surface area (Å²) in [7, 11) is 0. The number of nitrogens with zero attached hydrogens (tertiary/aromatic N) is 2. The molecule has 2 aromatic rings. The highest BCUT2D eigenvalue weighted by Gasteiger charge is 2.31. The molecule has 26 heavy (non-hydrogen) atoms. The van der Waals surface area contributed by atoms with Crippen LogP contribution in [0.3, 0.4) is 0 Å². The molecule has 0 N–H and O–H groups in total. The smallest absolute Gasteiger partial charge is 0.237 e. The van der Waals surface area contributed by atoms with Crippen molar-refractivity contribution in [2.75, 3.05) is 13.1 Å². The number of likely N-dealkylation sites (N-methyl/N-ethyl adjacent to an activating group) is 1.